The predicted molar refractivity (Wildman–Crippen MR) is 144 cm³/mol. The van der Waals surface area contributed by atoms with Gasteiger partial charge in [-0.05, 0) is 74.5 Å². The quantitative estimate of drug-likeness (QED) is 0.420. The van der Waals surface area contributed by atoms with E-state index in [0.717, 1.165) is 39.0 Å². The Balaban J connectivity index is 1.67. The van der Waals surface area contributed by atoms with Gasteiger partial charge in [0.25, 0.3) is 5.56 Å². The van der Waals surface area contributed by atoms with Gasteiger partial charge in [-0.1, -0.05) is 0 Å². The molecule has 3 aromatic rings. The Morgan fingerprint density at radius 1 is 1.22 bits per heavy atom. The number of nitrogens with one attached hydrogen (secondary N) is 1. The Bertz CT molecular complexity index is 1470. The maximum absolute atomic E-state index is 14.7. The molecule has 0 unspecified atom stereocenters. The van der Waals surface area contributed by atoms with E-state index in [2.05, 4.69) is 15.2 Å². The zero-order valence-electron chi connectivity index (χ0n) is 21.1. The summed E-state index contributed by atoms with van der Waals surface area (Å²) in [6.07, 6.45) is 4.86. The molecule has 2 aliphatic heterocycles. The van der Waals surface area contributed by atoms with Crippen molar-refractivity contribution >= 4 is 17.7 Å². The van der Waals surface area contributed by atoms with Gasteiger partial charge in [-0.2, -0.15) is 5.26 Å². The molecule has 9 heteroatoms. The number of benzene rings is 2. The summed E-state index contributed by atoms with van der Waals surface area (Å²) in [5.41, 5.74) is 8.80. The van der Waals surface area contributed by atoms with E-state index in [1.807, 2.05) is 6.07 Å². The molecule has 190 valence electrons. The van der Waals surface area contributed by atoms with Crippen molar-refractivity contribution < 1.29 is 4.39 Å². The van der Waals surface area contributed by atoms with Crippen molar-refractivity contribution in [1.82, 2.24) is 14.9 Å². The van der Waals surface area contributed by atoms with Crippen LogP contribution >= 0.6 is 0 Å². The first-order valence-corrected chi connectivity index (χ1v) is 12.5. The average Bonchev–Trinajstić information content (AvgIpc) is 3.35. The number of aliphatic imine (C=N–C) groups is 1. The molecule has 0 bridgehead atoms. The van der Waals surface area contributed by atoms with E-state index in [1.165, 1.54) is 23.1 Å². The van der Waals surface area contributed by atoms with Gasteiger partial charge in [0.2, 0.25) is 0 Å². The van der Waals surface area contributed by atoms with Crippen LogP contribution in [0.4, 0.5) is 15.9 Å². The molecule has 0 aliphatic carbocycles. The maximum atomic E-state index is 14.7. The fourth-order valence-electron chi connectivity index (χ4n) is 5.45. The van der Waals surface area contributed by atoms with Crippen molar-refractivity contribution in [3.8, 4) is 23.1 Å². The standard InChI is InChI=1S/C28H30FN7O/c1-18-25(35-11-8-28(9-12-35)7-10-33-17-28)34-26(19-3-4-20(15-30)23(29)14-19)36(27(18)37)22-5-6-24(31)21(13-22)16-32-2/h3-6,13-14,16,33H,7-12,17,31H2,1-2H3. The van der Waals surface area contributed by atoms with Gasteiger partial charge in [0.15, 0.2) is 0 Å². The molecule has 37 heavy (non-hydrogen) atoms. The van der Waals surface area contributed by atoms with Gasteiger partial charge in [0.1, 0.15) is 23.5 Å². The fraction of sp³-hybridized carbons (Fsp3) is 0.357. The number of hydrogen-bond acceptors (Lipinski definition) is 7. The second-order valence-electron chi connectivity index (χ2n) is 9.95. The molecule has 0 radical (unpaired) electrons. The Morgan fingerprint density at radius 2 is 2.00 bits per heavy atom. The summed E-state index contributed by atoms with van der Waals surface area (Å²) < 4.78 is 16.2. The SMILES string of the molecule is CN=Cc1cc(-n2c(-c3ccc(C#N)c(F)c3)nc(N3CCC4(CCNC4)CC3)c(C)c2=O)ccc1N. The number of aromatic nitrogens is 2. The lowest BCUT2D eigenvalue weighted by atomic mass is 9.78. The molecule has 1 spiro atoms. The smallest absolute Gasteiger partial charge is 0.263 e. The van der Waals surface area contributed by atoms with Crippen LogP contribution in [0.2, 0.25) is 0 Å². The van der Waals surface area contributed by atoms with Gasteiger partial charge in [-0.3, -0.25) is 14.4 Å². The number of anilines is 2. The third-order valence-electron chi connectivity index (χ3n) is 7.68. The van der Waals surface area contributed by atoms with Gasteiger partial charge in [0, 0.05) is 49.7 Å². The zero-order valence-corrected chi connectivity index (χ0v) is 21.1. The first kappa shape index (κ1) is 24.7. The molecule has 5 rings (SSSR count). The summed E-state index contributed by atoms with van der Waals surface area (Å²) in [7, 11) is 1.65. The lowest BCUT2D eigenvalue weighted by Gasteiger charge is -2.40. The summed E-state index contributed by atoms with van der Waals surface area (Å²) in [4.78, 5) is 25.1. The Labute approximate surface area is 215 Å². The summed E-state index contributed by atoms with van der Waals surface area (Å²) in [5, 5.41) is 12.7. The number of nitriles is 1. The normalized spacial score (nSPS) is 17.0. The van der Waals surface area contributed by atoms with Crippen LogP contribution in [-0.2, 0) is 0 Å². The van der Waals surface area contributed by atoms with Crippen LogP contribution in [0.5, 0.6) is 0 Å². The lowest BCUT2D eigenvalue weighted by molar-refractivity contribution is 0.247. The van der Waals surface area contributed by atoms with E-state index < -0.39 is 5.82 Å². The molecule has 2 saturated heterocycles. The molecule has 0 atom stereocenters. The van der Waals surface area contributed by atoms with Gasteiger partial charge in [0.05, 0.1) is 16.8 Å². The molecule has 3 N–H and O–H groups in total. The van der Waals surface area contributed by atoms with Crippen LogP contribution in [0.3, 0.4) is 0 Å². The number of hydrogen-bond donors (Lipinski definition) is 2. The monoisotopic (exact) mass is 499 g/mol. The molecule has 2 aromatic carbocycles. The van der Waals surface area contributed by atoms with Crippen LogP contribution < -0.4 is 21.5 Å². The molecule has 3 heterocycles. The second kappa shape index (κ2) is 9.79. The van der Waals surface area contributed by atoms with Crippen LogP contribution in [-0.4, -0.2) is 49.0 Å². The number of nitrogens with two attached hydrogens (primary N) is 1. The third-order valence-corrected chi connectivity index (χ3v) is 7.68. The largest absolute Gasteiger partial charge is 0.398 e. The van der Waals surface area contributed by atoms with Crippen molar-refractivity contribution in [1.29, 1.82) is 5.26 Å². The molecule has 2 aliphatic rings. The van der Waals surface area contributed by atoms with Crippen molar-refractivity contribution in [2.45, 2.75) is 26.2 Å². The highest BCUT2D eigenvalue weighted by atomic mass is 19.1. The van der Waals surface area contributed by atoms with Crippen LogP contribution in [0.15, 0.2) is 46.2 Å². The number of rotatable bonds is 4. The van der Waals surface area contributed by atoms with E-state index in [1.54, 1.807) is 44.5 Å². The van der Waals surface area contributed by atoms with E-state index >= 15 is 0 Å². The van der Waals surface area contributed by atoms with Crippen LogP contribution in [0.25, 0.3) is 17.1 Å². The van der Waals surface area contributed by atoms with Crippen LogP contribution in [0.1, 0.15) is 36.0 Å². The van der Waals surface area contributed by atoms with Gasteiger partial charge in [-0.25, -0.2) is 9.37 Å². The minimum Gasteiger partial charge on any atom is -0.398 e. The molecule has 8 nitrogen and oxygen atoms in total. The van der Waals surface area contributed by atoms with Gasteiger partial charge < -0.3 is 16.0 Å². The highest BCUT2D eigenvalue weighted by Gasteiger charge is 2.38. The second-order valence-corrected chi connectivity index (χ2v) is 9.95. The van der Waals surface area contributed by atoms with E-state index in [4.69, 9.17) is 10.7 Å². The Kier molecular flexibility index (Phi) is 6.52. The number of nitrogens with zero attached hydrogens (tertiary/aromatic N) is 5. The highest BCUT2D eigenvalue weighted by molar-refractivity contribution is 5.88. The minimum absolute atomic E-state index is 0.0644. The van der Waals surface area contributed by atoms with Crippen molar-refractivity contribution in [2.24, 2.45) is 10.4 Å². The third kappa shape index (κ3) is 4.49. The Morgan fingerprint density at radius 3 is 2.65 bits per heavy atom. The Hall–Kier alpha value is -4.03. The van der Waals surface area contributed by atoms with Crippen molar-refractivity contribution in [2.75, 3.05) is 43.9 Å². The minimum atomic E-state index is -0.660. The molecular formula is C28H30FN7O. The van der Waals surface area contributed by atoms with Crippen molar-refractivity contribution in [3.63, 3.8) is 0 Å². The molecular weight excluding hydrogens is 469 g/mol. The first-order valence-electron chi connectivity index (χ1n) is 12.5. The van der Waals surface area contributed by atoms with E-state index in [9.17, 15) is 14.4 Å². The van der Waals surface area contributed by atoms with E-state index in [0.29, 0.717) is 45.1 Å². The number of piperidine rings is 1. The van der Waals surface area contributed by atoms with E-state index in [-0.39, 0.29) is 11.1 Å². The maximum Gasteiger partial charge on any atom is 0.263 e. The van der Waals surface area contributed by atoms with Crippen molar-refractivity contribution in [3.05, 3.63) is 69.3 Å². The summed E-state index contributed by atoms with van der Waals surface area (Å²) >= 11 is 0. The first-order chi connectivity index (χ1) is 17.9. The molecule has 1 aromatic heterocycles. The topological polar surface area (TPSA) is 112 Å². The van der Waals surface area contributed by atoms with Crippen LogP contribution in [0, 0.1) is 29.5 Å². The average molecular weight is 500 g/mol. The predicted octanol–water partition coefficient (Wildman–Crippen LogP) is 3.43. The summed E-state index contributed by atoms with van der Waals surface area (Å²) in [5.74, 6) is 0.265. The van der Waals surface area contributed by atoms with Gasteiger partial charge >= 0.3 is 0 Å². The summed E-state index contributed by atoms with van der Waals surface area (Å²) in [6, 6.07) is 11.4. The zero-order chi connectivity index (χ0) is 26.2. The number of halogens is 1. The molecule has 0 saturated carbocycles. The molecule has 0 amide bonds. The summed E-state index contributed by atoms with van der Waals surface area (Å²) in [6.45, 7) is 5.48. The fourth-order valence-corrected chi connectivity index (χ4v) is 5.45. The number of nitrogen functional groups attached to an aromatic ring is 1. The van der Waals surface area contributed by atoms with Gasteiger partial charge in [-0.15, -0.1) is 0 Å². The highest BCUT2D eigenvalue weighted by Crippen LogP contribution is 2.38. The lowest BCUT2D eigenvalue weighted by Crippen LogP contribution is -2.43. The molecule has 2 fully saturated rings.